The number of fused-ring (bicyclic) bond motifs is 1. The van der Waals surface area contributed by atoms with Crippen molar-refractivity contribution in [3.63, 3.8) is 0 Å². The predicted molar refractivity (Wildman–Crippen MR) is 107 cm³/mol. The van der Waals surface area contributed by atoms with E-state index in [1.807, 2.05) is 0 Å². The summed E-state index contributed by atoms with van der Waals surface area (Å²) >= 11 is 0. The zero-order valence-electron chi connectivity index (χ0n) is 16.0. The highest BCUT2D eigenvalue weighted by molar-refractivity contribution is 5.96. The van der Waals surface area contributed by atoms with E-state index in [2.05, 4.69) is 45.3 Å². The number of allylic oxidation sites excluding steroid dienone is 3. The summed E-state index contributed by atoms with van der Waals surface area (Å²) in [5.74, 6) is -0.263. The van der Waals surface area contributed by atoms with Gasteiger partial charge in [-0.2, -0.15) is 0 Å². The topological polar surface area (TPSA) is 78.9 Å². The summed E-state index contributed by atoms with van der Waals surface area (Å²) in [6.07, 6.45) is 10.6. The average molecular weight is 382 g/mol. The summed E-state index contributed by atoms with van der Waals surface area (Å²) in [6, 6.07) is 6.29. The van der Waals surface area contributed by atoms with E-state index in [9.17, 15) is 14.7 Å². The maximum atomic E-state index is 12.2. The minimum Gasteiger partial charge on any atom is -0.465 e. The molecular weight excluding hydrogens is 356 g/mol. The first-order valence-electron chi connectivity index (χ1n) is 9.48. The number of aliphatic hydroxyl groups excluding tert-OH is 1. The third-order valence-corrected chi connectivity index (χ3v) is 5.01. The minimum absolute atomic E-state index is 0.228. The Balaban J connectivity index is 1.40. The SMILES string of the molecule is COC(=O)c1ccc(C(=O)NCCC(O)CN2CC=C3C=CC=CC3C2)cc1. The van der Waals surface area contributed by atoms with Gasteiger partial charge in [0.1, 0.15) is 0 Å². The Bertz CT molecular complexity index is 795. The van der Waals surface area contributed by atoms with E-state index in [0.29, 0.717) is 36.6 Å². The maximum Gasteiger partial charge on any atom is 0.337 e. The summed E-state index contributed by atoms with van der Waals surface area (Å²) < 4.78 is 4.64. The fourth-order valence-electron chi connectivity index (χ4n) is 3.44. The highest BCUT2D eigenvalue weighted by atomic mass is 16.5. The number of esters is 1. The first-order chi connectivity index (χ1) is 13.6. The van der Waals surface area contributed by atoms with E-state index in [1.165, 1.54) is 12.7 Å². The van der Waals surface area contributed by atoms with Crippen LogP contribution < -0.4 is 5.32 Å². The van der Waals surface area contributed by atoms with Crippen molar-refractivity contribution >= 4 is 11.9 Å². The maximum absolute atomic E-state index is 12.2. The molecule has 1 heterocycles. The molecule has 2 unspecified atom stereocenters. The molecule has 0 bridgehead atoms. The number of β-amino-alcohol motifs (C(OH)–C–C–N with tert-alkyl or cyclic N) is 1. The second kappa shape index (κ2) is 9.48. The summed E-state index contributed by atoms with van der Waals surface area (Å²) in [6.45, 7) is 2.71. The highest BCUT2D eigenvalue weighted by Gasteiger charge is 2.22. The molecule has 1 aliphatic carbocycles. The fraction of sp³-hybridized carbons (Fsp3) is 0.364. The molecule has 1 amide bonds. The Hall–Kier alpha value is -2.70. The molecule has 1 aromatic carbocycles. The highest BCUT2D eigenvalue weighted by Crippen LogP contribution is 2.23. The number of methoxy groups -OCH3 is 1. The lowest BCUT2D eigenvalue weighted by atomic mass is 9.91. The van der Waals surface area contributed by atoms with Gasteiger partial charge in [-0.3, -0.25) is 9.69 Å². The molecule has 2 atom stereocenters. The first kappa shape index (κ1) is 20.0. The van der Waals surface area contributed by atoms with Crippen molar-refractivity contribution in [1.82, 2.24) is 10.2 Å². The van der Waals surface area contributed by atoms with Gasteiger partial charge < -0.3 is 15.2 Å². The van der Waals surface area contributed by atoms with Crippen LogP contribution in [-0.2, 0) is 4.74 Å². The molecule has 1 aromatic rings. The van der Waals surface area contributed by atoms with Crippen molar-refractivity contribution in [3.05, 3.63) is 71.3 Å². The zero-order valence-corrected chi connectivity index (χ0v) is 16.0. The van der Waals surface area contributed by atoms with Gasteiger partial charge in [-0.05, 0) is 36.3 Å². The van der Waals surface area contributed by atoms with E-state index in [0.717, 1.165) is 13.1 Å². The van der Waals surface area contributed by atoms with Crippen LogP contribution in [0.5, 0.6) is 0 Å². The molecule has 0 radical (unpaired) electrons. The van der Waals surface area contributed by atoms with Crippen molar-refractivity contribution < 1.29 is 19.4 Å². The molecule has 6 nitrogen and oxygen atoms in total. The number of nitrogens with one attached hydrogen (secondary N) is 1. The molecule has 0 aromatic heterocycles. The number of hydrogen-bond donors (Lipinski definition) is 2. The zero-order chi connectivity index (χ0) is 19.9. The molecule has 2 aliphatic rings. The lowest BCUT2D eigenvalue weighted by Gasteiger charge is -2.32. The minimum atomic E-state index is -0.500. The third kappa shape index (κ3) is 5.18. The number of amides is 1. The van der Waals surface area contributed by atoms with Crippen LogP contribution >= 0.6 is 0 Å². The lowest BCUT2D eigenvalue weighted by Crippen LogP contribution is -2.40. The van der Waals surface area contributed by atoms with Gasteiger partial charge in [0.25, 0.3) is 5.91 Å². The first-order valence-corrected chi connectivity index (χ1v) is 9.48. The Morgan fingerprint density at radius 1 is 1.25 bits per heavy atom. The molecule has 0 saturated heterocycles. The van der Waals surface area contributed by atoms with Crippen molar-refractivity contribution in [2.24, 2.45) is 5.92 Å². The number of ether oxygens (including phenoxy) is 1. The van der Waals surface area contributed by atoms with Crippen molar-refractivity contribution in [2.45, 2.75) is 12.5 Å². The van der Waals surface area contributed by atoms with E-state index in [1.54, 1.807) is 24.3 Å². The smallest absolute Gasteiger partial charge is 0.337 e. The van der Waals surface area contributed by atoms with Gasteiger partial charge in [0.2, 0.25) is 0 Å². The van der Waals surface area contributed by atoms with Crippen LogP contribution in [0.3, 0.4) is 0 Å². The Morgan fingerprint density at radius 2 is 2.00 bits per heavy atom. The third-order valence-electron chi connectivity index (χ3n) is 5.01. The van der Waals surface area contributed by atoms with Crippen molar-refractivity contribution in [1.29, 1.82) is 0 Å². The normalized spacial score (nSPS) is 19.5. The van der Waals surface area contributed by atoms with Crippen LogP contribution in [0.1, 0.15) is 27.1 Å². The molecule has 0 spiro atoms. The van der Waals surface area contributed by atoms with Crippen LogP contribution in [0.2, 0.25) is 0 Å². The van der Waals surface area contributed by atoms with Gasteiger partial charge in [-0.25, -0.2) is 4.79 Å². The van der Waals surface area contributed by atoms with Crippen LogP contribution in [0, 0.1) is 5.92 Å². The molecule has 0 fully saturated rings. The van der Waals surface area contributed by atoms with Gasteiger partial charge >= 0.3 is 5.97 Å². The Labute approximate surface area is 165 Å². The van der Waals surface area contributed by atoms with Gasteiger partial charge in [-0.15, -0.1) is 0 Å². The van der Waals surface area contributed by atoms with Crippen LogP contribution in [-0.4, -0.2) is 61.3 Å². The molecule has 3 rings (SSSR count). The summed E-state index contributed by atoms with van der Waals surface area (Å²) in [5.41, 5.74) is 2.21. The number of rotatable bonds is 7. The quantitative estimate of drug-likeness (QED) is 0.705. The van der Waals surface area contributed by atoms with Crippen LogP contribution in [0.15, 0.2) is 60.2 Å². The van der Waals surface area contributed by atoms with E-state index in [-0.39, 0.29) is 5.91 Å². The Morgan fingerprint density at radius 3 is 2.75 bits per heavy atom. The van der Waals surface area contributed by atoms with Gasteiger partial charge in [0, 0.05) is 37.7 Å². The molecule has 0 saturated carbocycles. The summed E-state index contributed by atoms with van der Waals surface area (Å²) in [4.78, 5) is 25.8. The molecule has 2 N–H and O–H groups in total. The van der Waals surface area contributed by atoms with Gasteiger partial charge in [0.15, 0.2) is 0 Å². The van der Waals surface area contributed by atoms with Crippen LogP contribution in [0.4, 0.5) is 0 Å². The predicted octanol–water partition coefficient (Wildman–Crippen LogP) is 1.94. The molecule has 6 heteroatoms. The summed E-state index contributed by atoms with van der Waals surface area (Å²) in [5, 5.41) is 13.1. The van der Waals surface area contributed by atoms with E-state index < -0.39 is 12.1 Å². The van der Waals surface area contributed by atoms with Crippen molar-refractivity contribution in [3.8, 4) is 0 Å². The monoisotopic (exact) mass is 382 g/mol. The van der Waals surface area contributed by atoms with Crippen LogP contribution in [0.25, 0.3) is 0 Å². The Kier molecular flexibility index (Phi) is 6.79. The lowest BCUT2D eigenvalue weighted by molar-refractivity contribution is 0.0600. The second-order valence-electron chi connectivity index (χ2n) is 7.04. The number of carbonyl (C=O) groups is 2. The second-order valence-corrected chi connectivity index (χ2v) is 7.04. The molecule has 148 valence electrons. The number of hydrogen-bond acceptors (Lipinski definition) is 5. The van der Waals surface area contributed by atoms with Crippen molar-refractivity contribution in [2.75, 3.05) is 33.3 Å². The molecule has 1 aliphatic heterocycles. The number of aliphatic hydroxyl groups is 1. The number of carbonyl (C=O) groups excluding carboxylic acids is 2. The van der Waals surface area contributed by atoms with E-state index in [4.69, 9.17) is 0 Å². The van der Waals surface area contributed by atoms with Gasteiger partial charge in [0.05, 0.1) is 18.8 Å². The largest absolute Gasteiger partial charge is 0.465 e. The van der Waals surface area contributed by atoms with Gasteiger partial charge in [-0.1, -0.05) is 30.4 Å². The molecular formula is C22H26N2O4. The average Bonchev–Trinajstić information content (AvgIpc) is 2.73. The summed E-state index contributed by atoms with van der Waals surface area (Å²) in [7, 11) is 1.32. The standard InChI is InChI=1S/C22H26N2O4/c1-28-22(27)18-8-6-17(7-9-18)21(26)23-12-10-20(25)15-24-13-11-16-4-2-3-5-19(16)14-24/h2-9,11,19-20,25H,10,12-15H2,1H3,(H,23,26). The van der Waals surface area contributed by atoms with E-state index >= 15 is 0 Å². The number of benzene rings is 1. The fourth-order valence-corrected chi connectivity index (χ4v) is 3.44. The molecule has 28 heavy (non-hydrogen) atoms. The number of nitrogens with zero attached hydrogens (tertiary/aromatic N) is 1.